The van der Waals surface area contributed by atoms with Crippen LogP contribution >= 0.6 is 24.4 Å². The van der Waals surface area contributed by atoms with Gasteiger partial charge in [-0.25, -0.2) is 4.99 Å². The number of carbonyl (C=O) groups is 1. The lowest BCUT2D eigenvalue weighted by Crippen LogP contribution is -2.29. The van der Waals surface area contributed by atoms with Crippen LogP contribution in [0, 0.1) is 0 Å². The summed E-state index contributed by atoms with van der Waals surface area (Å²) in [5, 5.41) is 0.731. The number of likely N-dealkylation sites (N-methyl/N-ethyl adjacent to an activating group) is 1. The summed E-state index contributed by atoms with van der Waals surface area (Å²) < 4.78 is 0. The molecule has 3 aromatic carbocycles. The summed E-state index contributed by atoms with van der Waals surface area (Å²) in [4.78, 5) is 24.3. The van der Waals surface area contributed by atoms with Crippen LogP contribution in [0.3, 0.4) is 0 Å². The summed E-state index contributed by atoms with van der Waals surface area (Å²) in [6.07, 6.45) is 2.00. The number of amidine groups is 1. The topological polar surface area (TPSA) is 35.9 Å². The van der Waals surface area contributed by atoms with Crippen LogP contribution in [0.2, 0.25) is 0 Å². The number of aryl methyl sites for hydroxylation is 1. The van der Waals surface area contributed by atoms with E-state index in [2.05, 4.69) is 30.5 Å². The third kappa shape index (κ3) is 6.00. The Hall–Kier alpha value is -2.96. The van der Waals surface area contributed by atoms with Crippen LogP contribution in [0.4, 0.5) is 11.4 Å². The fourth-order valence-electron chi connectivity index (χ4n) is 4.16. The first-order valence-electron chi connectivity index (χ1n) is 11.9. The van der Waals surface area contributed by atoms with Gasteiger partial charge in [-0.1, -0.05) is 74.0 Å². The minimum absolute atomic E-state index is 0.00985. The first kappa shape index (κ1) is 25.1. The molecule has 0 N–H and O–H groups in total. The summed E-state index contributed by atoms with van der Waals surface area (Å²) in [7, 11) is 2.03. The van der Waals surface area contributed by atoms with E-state index in [1.165, 1.54) is 17.3 Å². The molecule has 0 aromatic heterocycles. The fraction of sp³-hybridized carbons (Fsp3) is 0.241. The molecule has 0 saturated carbocycles. The Balaban J connectivity index is 1.68. The smallest absolute Gasteiger partial charge is 0.267 e. The van der Waals surface area contributed by atoms with Gasteiger partial charge in [0.2, 0.25) is 0 Å². The van der Waals surface area contributed by atoms with E-state index < -0.39 is 0 Å². The molecule has 1 saturated heterocycles. The highest BCUT2D eigenvalue weighted by molar-refractivity contribution is 8.18. The van der Waals surface area contributed by atoms with E-state index in [0.717, 1.165) is 50.3 Å². The second-order valence-corrected chi connectivity index (χ2v) is 10.2. The molecule has 0 radical (unpaired) electrons. The van der Waals surface area contributed by atoms with Crippen molar-refractivity contribution in [2.24, 2.45) is 4.99 Å². The van der Waals surface area contributed by atoms with Gasteiger partial charge in [0.05, 0.1) is 22.8 Å². The van der Waals surface area contributed by atoms with Gasteiger partial charge in [0.1, 0.15) is 0 Å². The minimum atomic E-state index is 0.00985. The normalized spacial score (nSPS) is 16.2. The number of thioether (sulfide) groups is 1. The maximum atomic E-state index is 13.7. The average Bonchev–Trinajstić information content (AvgIpc) is 3.16. The molecule has 35 heavy (non-hydrogen) atoms. The highest BCUT2D eigenvalue weighted by Gasteiger charge is 2.35. The summed E-state index contributed by atoms with van der Waals surface area (Å²) in [5.74, 6) is 0.00985. The van der Waals surface area contributed by atoms with Gasteiger partial charge in [0.15, 0.2) is 5.17 Å². The van der Waals surface area contributed by atoms with Gasteiger partial charge in [-0.05, 0) is 60.0 Å². The maximum absolute atomic E-state index is 13.7. The van der Waals surface area contributed by atoms with Crippen molar-refractivity contribution in [1.29, 1.82) is 0 Å². The van der Waals surface area contributed by atoms with Crippen molar-refractivity contribution in [3.05, 3.63) is 100 Å². The zero-order valence-corrected chi connectivity index (χ0v) is 22.2. The molecular weight excluding hydrogens is 470 g/mol. The van der Waals surface area contributed by atoms with Gasteiger partial charge >= 0.3 is 0 Å². The Morgan fingerprint density at radius 1 is 1.00 bits per heavy atom. The van der Waals surface area contributed by atoms with Gasteiger partial charge in [-0.3, -0.25) is 9.69 Å². The SMILES string of the molecule is CCCc1ccccc1N=C1S/C(=C(\C)CN(C)c2ccccc2S)C(=O)N1Cc1ccccc1. The van der Waals surface area contributed by atoms with E-state index in [0.29, 0.717) is 13.1 Å². The molecule has 0 aliphatic carbocycles. The lowest BCUT2D eigenvalue weighted by Gasteiger charge is -2.22. The van der Waals surface area contributed by atoms with Crippen molar-refractivity contribution in [2.75, 3.05) is 18.5 Å². The molecule has 0 atom stereocenters. The van der Waals surface area contributed by atoms with Crippen LogP contribution in [0.25, 0.3) is 0 Å². The molecule has 1 fully saturated rings. The van der Waals surface area contributed by atoms with Crippen LogP contribution in [-0.4, -0.2) is 29.6 Å². The van der Waals surface area contributed by atoms with E-state index in [-0.39, 0.29) is 5.91 Å². The summed E-state index contributed by atoms with van der Waals surface area (Å²) in [6.45, 7) is 5.33. The molecule has 4 nitrogen and oxygen atoms in total. The zero-order chi connectivity index (χ0) is 24.8. The van der Waals surface area contributed by atoms with E-state index in [9.17, 15) is 4.79 Å². The molecule has 3 aromatic rings. The van der Waals surface area contributed by atoms with Crippen LogP contribution in [0.1, 0.15) is 31.4 Å². The second-order valence-electron chi connectivity index (χ2n) is 8.71. The molecule has 0 unspecified atom stereocenters. The molecule has 0 bridgehead atoms. The zero-order valence-electron chi connectivity index (χ0n) is 20.4. The predicted octanol–water partition coefficient (Wildman–Crippen LogP) is 7.10. The molecule has 1 aliphatic heterocycles. The third-order valence-corrected chi connectivity index (χ3v) is 7.53. The average molecular weight is 502 g/mol. The predicted molar refractivity (Wildman–Crippen MR) is 152 cm³/mol. The number of aliphatic imine (C=N–C) groups is 1. The van der Waals surface area contributed by atoms with Gasteiger partial charge in [0, 0.05) is 18.5 Å². The van der Waals surface area contributed by atoms with Crippen LogP contribution in [0.15, 0.2) is 99.2 Å². The van der Waals surface area contributed by atoms with Crippen LogP contribution in [0.5, 0.6) is 0 Å². The van der Waals surface area contributed by atoms with Crippen LogP contribution < -0.4 is 4.90 Å². The number of rotatable bonds is 8. The molecule has 1 heterocycles. The standard InChI is InChI=1S/C29H31N3OS2/c1-4-12-23-15-8-9-16-24(23)30-29-32(20-22-13-6-5-7-14-22)28(33)27(35-29)21(2)19-31(3)25-17-10-11-18-26(25)34/h5-11,13-18,34H,4,12,19-20H2,1-3H3/b27-21+,30-29?. The van der Waals surface area contributed by atoms with Crippen molar-refractivity contribution < 1.29 is 4.79 Å². The third-order valence-electron chi connectivity index (χ3n) is 5.93. The fourth-order valence-corrected chi connectivity index (χ4v) is 5.51. The second kappa shape index (κ2) is 11.6. The highest BCUT2D eigenvalue weighted by atomic mass is 32.2. The van der Waals surface area contributed by atoms with E-state index in [4.69, 9.17) is 4.99 Å². The van der Waals surface area contributed by atoms with E-state index in [1.807, 2.05) is 91.7 Å². The number of para-hydroxylation sites is 2. The van der Waals surface area contributed by atoms with E-state index >= 15 is 0 Å². The number of thiol groups is 1. The molecule has 180 valence electrons. The van der Waals surface area contributed by atoms with Gasteiger partial charge in [-0.2, -0.15) is 0 Å². The Morgan fingerprint density at radius 3 is 2.43 bits per heavy atom. The number of nitrogens with zero attached hydrogens (tertiary/aromatic N) is 3. The Morgan fingerprint density at radius 2 is 1.69 bits per heavy atom. The lowest BCUT2D eigenvalue weighted by molar-refractivity contribution is -0.122. The molecule has 1 amide bonds. The number of carbonyl (C=O) groups excluding carboxylic acids is 1. The minimum Gasteiger partial charge on any atom is -0.370 e. The molecule has 0 spiro atoms. The van der Waals surface area contributed by atoms with E-state index in [1.54, 1.807) is 0 Å². The molecule has 6 heteroatoms. The largest absolute Gasteiger partial charge is 0.370 e. The Bertz CT molecular complexity index is 1250. The Kier molecular flexibility index (Phi) is 8.37. The molecule has 4 rings (SSSR count). The number of hydrogen-bond acceptors (Lipinski definition) is 5. The van der Waals surface area contributed by atoms with Gasteiger partial charge in [-0.15, -0.1) is 12.6 Å². The first-order chi connectivity index (χ1) is 17.0. The van der Waals surface area contributed by atoms with Crippen molar-refractivity contribution in [1.82, 2.24) is 4.90 Å². The summed E-state index contributed by atoms with van der Waals surface area (Å²) in [5.41, 5.74) is 5.27. The number of anilines is 1. The van der Waals surface area contributed by atoms with Gasteiger partial charge < -0.3 is 4.90 Å². The molecular formula is C29H31N3OS2. The number of benzene rings is 3. The number of amides is 1. The van der Waals surface area contributed by atoms with Crippen molar-refractivity contribution >= 4 is 46.8 Å². The highest BCUT2D eigenvalue weighted by Crippen LogP contribution is 2.37. The van der Waals surface area contributed by atoms with Crippen molar-refractivity contribution in [3.63, 3.8) is 0 Å². The van der Waals surface area contributed by atoms with Crippen LogP contribution in [-0.2, 0) is 17.8 Å². The first-order valence-corrected chi connectivity index (χ1v) is 13.1. The number of hydrogen-bond donors (Lipinski definition) is 1. The maximum Gasteiger partial charge on any atom is 0.267 e. The summed E-state index contributed by atoms with van der Waals surface area (Å²) in [6, 6.07) is 26.3. The quantitative estimate of drug-likeness (QED) is 0.264. The molecule has 1 aliphatic rings. The van der Waals surface area contributed by atoms with Crippen molar-refractivity contribution in [2.45, 2.75) is 38.1 Å². The lowest BCUT2D eigenvalue weighted by atomic mass is 10.1. The van der Waals surface area contributed by atoms with Gasteiger partial charge in [0.25, 0.3) is 5.91 Å². The Labute approximate surface area is 218 Å². The van der Waals surface area contributed by atoms with Crippen molar-refractivity contribution in [3.8, 4) is 0 Å². The monoisotopic (exact) mass is 501 g/mol. The summed E-state index contributed by atoms with van der Waals surface area (Å²) >= 11 is 6.07.